The van der Waals surface area contributed by atoms with Crippen LogP contribution in [0.25, 0.3) is 5.69 Å². The van der Waals surface area contributed by atoms with Crippen LogP contribution in [-0.4, -0.2) is 50.1 Å². The number of aryl methyl sites for hydroxylation is 1. The molecule has 0 saturated heterocycles. The van der Waals surface area contributed by atoms with E-state index in [1.807, 2.05) is 31.2 Å². The van der Waals surface area contributed by atoms with Crippen LogP contribution in [0.3, 0.4) is 0 Å². The fourth-order valence-electron chi connectivity index (χ4n) is 3.88. The average molecular weight is 390 g/mol. The number of hydrogen-bond donors (Lipinski definition) is 1. The van der Waals surface area contributed by atoms with E-state index in [2.05, 4.69) is 56.9 Å². The molecule has 0 spiro atoms. The van der Waals surface area contributed by atoms with Crippen LogP contribution in [-0.2, 0) is 24.2 Å². The van der Waals surface area contributed by atoms with Crippen molar-refractivity contribution in [2.75, 3.05) is 13.1 Å². The molecule has 1 N–H and O–H groups in total. The summed E-state index contributed by atoms with van der Waals surface area (Å²) in [5.74, 6) is 0.769. The Morgan fingerprint density at radius 3 is 2.62 bits per heavy atom. The Balaban J connectivity index is 1.28. The monoisotopic (exact) mass is 390 g/mol. The van der Waals surface area contributed by atoms with Crippen molar-refractivity contribution in [1.29, 1.82) is 0 Å². The molecule has 1 aliphatic rings. The van der Waals surface area contributed by atoms with Gasteiger partial charge in [-0.05, 0) is 59.5 Å². The van der Waals surface area contributed by atoms with E-state index in [-0.39, 0.29) is 11.9 Å². The molecule has 1 aliphatic heterocycles. The van der Waals surface area contributed by atoms with Gasteiger partial charge in [0.25, 0.3) is 0 Å². The molecule has 0 saturated carbocycles. The topological polar surface area (TPSA) is 75.9 Å². The van der Waals surface area contributed by atoms with Crippen molar-refractivity contribution in [3.63, 3.8) is 0 Å². The predicted molar refractivity (Wildman–Crippen MR) is 111 cm³/mol. The van der Waals surface area contributed by atoms with E-state index in [0.29, 0.717) is 6.42 Å². The first-order valence-electron chi connectivity index (χ1n) is 10.0. The lowest BCUT2D eigenvalue weighted by molar-refractivity contribution is -0.121. The zero-order valence-corrected chi connectivity index (χ0v) is 16.9. The normalized spacial score (nSPS) is 15.0. The summed E-state index contributed by atoms with van der Waals surface area (Å²) in [6.07, 6.45) is 1.44. The largest absolute Gasteiger partial charge is 0.352 e. The number of nitrogens with zero attached hydrogens (tertiary/aromatic N) is 5. The average Bonchev–Trinajstić information content (AvgIpc) is 3.14. The van der Waals surface area contributed by atoms with E-state index in [0.717, 1.165) is 43.1 Å². The molecule has 3 aromatic rings. The molecule has 0 radical (unpaired) electrons. The summed E-state index contributed by atoms with van der Waals surface area (Å²) < 4.78 is 1.67. The third kappa shape index (κ3) is 4.68. The summed E-state index contributed by atoms with van der Waals surface area (Å²) in [6.45, 7) is 6.77. The molecule has 150 valence electrons. The number of benzene rings is 2. The van der Waals surface area contributed by atoms with E-state index >= 15 is 0 Å². The maximum absolute atomic E-state index is 12.5. The maximum atomic E-state index is 12.5. The van der Waals surface area contributed by atoms with Crippen LogP contribution in [0, 0.1) is 6.92 Å². The van der Waals surface area contributed by atoms with Gasteiger partial charge in [-0.1, -0.05) is 36.4 Å². The molecule has 7 nitrogen and oxygen atoms in total. The van der Waals surface area contributed by atoms with E-state index in [4.69, 9.17) is 0 Å². The molecule has 0 unspecified atom stereocenters. The van der Waals surface area contributed by atoms with E-state index in [9.17, 15) is 4.79 Å². The number of carbonyl (C=O) groups excluding carboxylic acids is 1. The van der Waals surface area contributed by atoms with Gasteiger partial charge in [0.2, 0.25) is 5.91 Å². The fourth-order valence-corrected chi connectivity index (χ4v) is 3.88. The van der Waals surface area contributed by atoms with Crippen molar-refractivity contribution in [2.24, 2.45) is 0 Å². The van der Waals surface area contributed by atoms with Crippen LogP contribution in [0.4, 0.5) is 0 Å². The highest BCUT2D eigenvalue weighted by Crippen LogP contribution is 2.18. The number of nitrogens with one attached hydrogen (secondary N) is 1. The van der Waals surface area contributed by atoms with Gasteiger partial charge in [-0.15, -0.1) is 5.10 Å². The number of hydrogen-bond acceptors (Lipinski definition) is 5. The molecular weight excluding hydrogens is 364 g/mol. The van der Waals surface area contributed by atoms with Crippen LogP contribution in [0.2, 0.25) is 0 Å². The Morgan fingerprint density at radius 1 is 1.14 bits per heavy atom. The van der Waals surface area contributed by atoms with Gasteiger partial charge in [-0.25, -0.2) is 0 Å². The number of tetrazole rings is 1. The third-order valence-electron chi connectivity index (χ3n) is 5.32. The van der Waals surface area contributed by atoms with E-state index < -0.39 is 0 Å². The lowest BCUT2D eigenvalue weighted by Gasteiger charge is -2.31. The fraction of sp³-hybridized carbons (Fsp3) is 0.364. The molecule has 0 fully saturated rings. The van der Waals surface area contributed by atoms with Gasteiger partial charge < -0.3 is 5.32 Å². The Hall–Kier alpha value is -3.06. The van der Waals surface area contributed by atoms with Gasteiger partial charge in [-0.2, -0.15) is 4.68 Å². The molecule has 1 amide bonds. The minimum atomic E-state index is 0.0428. The molecule has 0 aliphatic carbocycles. The van der Waals surface area contributed by atoms with Crippen molar-refractivity contribution >= 4 is 5.91 Å². The summed E-state index contributed by atoms with van der Waals surface area (Å²) in [6, 6.07) is 16.5. The molecule has 29 heavy (non-hydrogen) atoms. The van der Waals surface area contributed by atoms with Crippen LogP contribution in [0.5, 0.6) is 0 Å². The van der Waals surface area contributed by atoms with Gasteiger partial charge in [0.15, 0.2) is 5.82 Å². The standard InChI is InChI=1S/C22H26N6O/c1-16(14-27-12-11-19-5-3-4-6-20(19)15-27)23-22(29)13-18-7-9-21(10-8-18)28-17(2)24-25-26-28/h3-10,16H,11-15H2,1-2H3,(H,23,29)/t16-/m1/s1. The Labute approximate surface area is 170 Å². The summed E-state index contributed by atoms with van der Waals surface area (Å²) in [7, 11) is 0. The van der Waals surface area contributed by atoms with E-state index in [1.165, 1.54) is 11.1 Å². The van der Waals surface area contributed by atoms with Crippen LogP contribution in [0.15, 0.2) is 48.5 Å². The molecule has 2 heterocycles. The lowest BCUT2D eigenvalue weighted by Crippen LogP contribution is -2.44. The molecule has 4 rings (SSSR count). The third-order valence-corrected chi connectivity index (χ3v) is 5.32. The minimum Gasteiger partial charge on any atom is -0.352 e. The molecular formula is C22H26N6O. The van der Waals surface area contributed by atoms with Crippen molar-refractivity contribution < 1.29 is 4.79 Å². The Bertz CT molecular complexity index is 981. The second-order valence-corrected chi connectivity index (χ2v) is 7.70. The first-order chi connectivity index (χ1) is 14.1. The van der Waals surface area contributed by atoms with Crippen molar-refractivity contribution in [2.45, 2.75) is 39.3 Å². The molecule has 1 aromatic heterocycles. The van der Waals surface area contributed by atoms with Gasteiger partial charge >= 0.3 is 0 Å². The second-order valence-electron chi connectivity index (χ2n) is 7.70. The van der Waals surface area contributed by atoms with Crippen molar-refractivity contribution in [3.8, 4) is 5.69 Å². The highest BCUT2D eigenvalue weighted by atomic mass is 16.1. The zero-order valence-electron chi connectivity index (χ0n) is 16.9. The Kier molecular flexibility index (Phi) is 5.67. The SMILES string of the molecule is Cc1nnnn1-c1ccc(CC(=O)N[C@H](C)CN2CCc3ccccc3C2)cc1. The predicted octanol–water partition coefficient (Wildman–Crippen LogP) is 2.08. The number of amides is 1. The maximum Gasteiger partial charge on any atom is 0.224 e. The first-order valence-corrected chi connectivity index (χ1v) is 10.0. The summed E-state index contributed by atoms with van der Waals surface area (Å²) >= 11 is 0. The van der Waals surface area contributed by atoms with Crippen LogP contribution < -0.4 is 5.32 Å². The van der Waals surface area contributed by atoms with Gasteiger partial charge in [0.05, 0.1) is 12.1 Å². The summed E-state index contributed by atoms with van der Waals surface area (Å²) in [5, 5.41) is 14.6. The second kappa shape index (κ2) is 8.53. The molecule has 2 aromatic carbocycles. The van der Waals surface area contributed by atoms with Gasteiger partial charge in [-0.3, -0.25) is 9.69 Å². The van der Waals surface area contributed by atoms with Crippen LogP contribution in [0.1, 0.15) is 29.4 Å². The molecule has 0 bridgehead atoms. The van der Waals surface area contributed by atoms with Crippen molar-refractivity contribution in [3.05, 3.63) is 71.0 Å². The summed E-state index contributed by atoms with van der Waals surface area (Å²) in [5.41, 5.74) is 4.70. The number of fused-ring (bicyclic) bond motifs is 1. The van der Waals surface area contributed by atoms with Crippen molar-refractivity contribution in [1.82, 2.24) is 30.4 Å². The Morgan fingerprint density at radius 2 is 1.90 bits per heavy atom. The van der Waals surface area contributed by atoms with E-state index in [1.54, 1.807) is 4.68 Å². The first kappa shape index (κ1) is 19.3. The molecule has 1 atom stereocenters. The summed E-state index contributed by atoms with van der Waals surface area (Å²) in [4.78, 5) is 14.9. The smallest absolute Gasteiger partial charge is 0.224 e. The van der Waals surface area contributed by atoms with Gasteiger partial charge in [0.1, 0.15) is 0 Å². The quantitative estimate of drug-likeness (QED) is 0.697. The van der Waals surface area contributed by atoms with Crippen LogP contribution >= 0.6 is 0 Å². The minimum absolute atomic E-state index is 0.0428. The number of carbonyl (C=O) groups is 1. The lowest BCUT2D eigenvalue weighted by atomic mass is 9.99. The number of aromatic nitrogens is 4. The number of rotatable bonds is 6. The molecule has 7 heteroatoms. The van der Waals surface area contributed by atoms with Gasteiger partial charge in [0, 0.05) is 25.7 Å². The zero-order chi connectivity index (χ0) is 20.2. The highest BCUT2D eigenvalue weighted by molar-refractivity contribution is 5.78. The highest BCUT2D eigenvalue weighted by Gasteiger charge is 2.18.